The summed E-state index contributed by atoms with van der Waals surface area (Å²) < 4.78 is 5.57. The van der Waals surface area contributed by atoms with Crippen LogP contribution in [0.15, 0.2) is 18.2 Å². The topological polar surface area (TPSA) is 64.4 Å². The minimum Gasteiger partial charge on any atom is -0.364 e. The largest absolute Gasteiger partial charge is 0.364 e. The van der Waals surface area contributed by atoms with Crippen molar-refractivity contribution < 1.29 is 9.53 Å². The van der Waals surface area contributed by atoms with Crippen LogP contribution in [0.1, 0.15) is 24.0 Å². The molecule has 1 aromatic carbocycles. The fourth-order valence-corrected chi connectivity index (χ4v) is 2.24. The maximum Gasteiger partial charge on any atom is 0.253 e. The van der Waals surface area contributed by atoms with E-state index in [1.54, 1.807) is 0 Å². The van der Waals surface area contributed by atoms with E-state index in [1.165, 1.54) is 5.56 Å². The summed E-state index contributed by atoms with van der Waals surface area (Å²) in [6, 6.07) is 5.96. The van der Waals surface area contributed by atoms with Crippen molar-refractivity contribution in [2.24, 2.45) is 5.73 Å². The van der Waals surface area contributed by atoms with E-state index < -0.39 is 0 Å². The average molecular weight is 248 g/mol. The number of ether oxygens (including phenoxy) is 1. The zero-order valence-corrected chi connectivity index (χ0v) is 10.9. The van der Waals surface area contributed by atoms with Gasteiger partial charge in [0.15, 0.2) is 0 Å². The lowest BCUT2D eigenvalue weighted by Gasteiger charge is -2.14. The second-order valence-electron chi connectivity index (χ2n) is 4.87. The lowest BCUT2D eigenvalue weighted by atomic mass is 10.1. The zero-order chi connectivity index (χ0) is 13.1. The minimum absolute atomic E-state index is 0.0277. The first-order valence-corrected chi connectivity index (χ1v) is 6.34. The number of rotatable bonds is 3. The molecule has 98 valence electrons. The second kappa shape index (κ2) is 5.50. The molecule has 1 amide bonds. The van der Waals surface area contributed by atoms with Crippen LogP contribution in [0, 0.1) is 13.8 Å². The standard InChI is InChI=1S/C14H20N2O2/c1-9-3-5-12(10(2)7-9)16-14(17)13-6-4-11(8-15)18-13/h3,5,7,11,13H,4,6,8,15H2,1-2H3,(H,16,17)/t11-,13+/m1/s1. The first kappa shape index (κ1) is 13.1. The van der Waals surface area contributed by atoms with Crippen molar-refractivity contribution in [2.45, 2.75) is 38.9 Å². The van der Waals surface area contributed by atoms with Crippen molar-refractivity contribution in [3.63, 3.8) is 0 Å². The van der Waals surface area contributed by atoms with Crippen molar-refractivity contribution in [3.8, 4) is 0 Å². The Balaban J connectivity index is 1.99. The number of amides is 1. The third kappa shape index (κ3) is 2.89. The molecule has 0 aliphatic carbocycles. The van der Waals surface area contributed by atoms with Gasteiger partial charge < -0.3 is 15.8 Å². The number of carbonyl (C=O) groups is 1. The fraction of sp³-hybridized carbons (Fsp3) is 0.500. The molecule has 4 heteroatoms. The Labute approximate surface area is 108 Å². The minimum atomic E-state index is -0.362. The molecule has 2 atom stereocenters. The number of benzene rings is 1. The molecule has 0 bridgehead atoms. The van der Waals surface area contributed by atoms with Gasteiger partial charge in [-0.05, 0) is 38.3 Å². The molecule has 0 unspecified atom stereocenters. The molecule has 3 N–H and O–H groups in total. The van der Waals surface area contributed by atoms with E-state index in [0.29, 0.717) is 6.54 Å². The van der Waals surface area contributed by atoms with E-state index in [9.17, 15) is 4.79 Å². The van der Waals surface area contributed by atoms with Gasteiger partial charge in [-0.1, -0.05) is 17.7 Å². The molecule has 0 saturated carbocycles. The highest BCUT2D eigenvalue weighted by molar-refractivity contribution is 5.95. The van der Waals surface area contributed by atoms with Gasteiger partial charge in [0.1, 0.15) is 6.10 Å². The first-order chi connectivity index (χ1) is 8.60. The molecule has 0 radical (unpaired) electrons. The van der Waals surface area contributed by atoms with Crippen LogP contribution in [-0.2, 0) is 9.53 Å². The van der Waals surface area contributed by atoms with Gasteiger partial charge in [0.25, 0.3) is 5.91 Å². The second-order valence-corrected chi connectivity index (χ2v) is 4.87. The van der Waals surface area contributed by atoms with E-state index in [1.807, 2.05) is 32.0 Å². The van der Waals surface area contributed by atoms with Crippen LogP contribution >= 0.6 is 0 Å². The number of aryl methyl sites for hydroxylation is 2. The highest BCUT2D eigenvalue weighted by Crippen LogP contribution is 2.22. The molecule has 1 aromatic rings. The summed E-state index contributed by atoms with van der Waals surface area (Å²) in [6.07, 6.45) is 1.28. The molecule has 1 aliphatic heterocycles. The van der Waals surface area contributed by atoms with Gasteiger partial charge in [-0.25, -0.2) is 0 Å². The molecule has 1 fully saturated rings. The molecule has 2 rings (SSSR count). The summed E-state index contributed by atoms with van der Waals surface area (Å²) in [6.45, 7) is 4.50. The molecule has 1 saturated heterocycles. The van der Waals surface area contributed by atoms with Crippen LogP contribution in [0.4, 0.5) is 5.69 Å². The quantitative estimate of drug-likeness (QED) is 0.856. The molecular weight excluding hydrogens is 228 g/mol. The number of anilines is 1. The Morgan fingerprint density at radius 2 is 2.22 bits per heavy atom. The van der Waals surface area contributed by atoms with Crippen molar-refractivity contribution in [2.75, 3.05) is 11.9 Å². The van der Waals surface area contributed by atoms with E-state index in [4.69, 9.17) is 10.5 Å². The Kier molecular flexibility index (Phi) is 3.99. The van der Waals surface area contributed by atoms with Crippen molar-refractivity contribution in [1.29, 1.82) is 0 Å². The maximum absolute atomic E-state index is 12.0. The lowest BCUT2D eigenvalue weighted by molar-refractivity contribution is -0.126. The highest BCUT2D eigenvalue weighted by Gasteiger charge is 2.29. The van der Waals surface area contributed by atoms with Crippen molar-refractivity contribution in [1.82, 2.24) is 0 Å². The lowest BCUT2D eigenvalue weighted by Crippen LogP contribution is -2.30. The van der Waals surface area contributed by atoms with Gasteiger partial charge >= 0.3 is 0 Å². The number of carbonyl (C=O) groups excluding carboxylic acids is 1. The number of hydrogen-bond donors (Lipinski definition) is 2. The van der Waals surface area contributed by atoms with Crippen LogP contribution in [0.3, 0.4) is 0 Å². The van der Waals surface area contributed by atoms with E-state index in [2.05, 4.69) is 5.32 Å². The first-order valence-electron chi connectivity index (χ1n) is 6.34. The third-order valence-electron chi connectivity index (χ3n) is 3.30. The summed E-state index contributed by atoms with van der Waals surface area (Å²) in [4.78, 5) is 12.0. The van der Waals surface area contributed by atoms with Crippen LogP contribution in [-0.4, -0.2) is 24.7 Å². The molecule has 0 aromatic heterocycles. The molecule has 1 heterocycles. The maximum atomic E-state index is 12.0. The summed E-state index contributed by atoms with van der Waals surface area (Å²) in [5, 5.41) is 2.92. The molecular formula is C14H20N2O2. The smallest absolute Gasteiger partial charge is 0.253 e. The van der Waals surface area contributed by atoms with Gasteiger partial charge in [0, 0.05) is 12.2 Å². The van der Waals surface area contributed by atoms with Crippen LogP contribution in [0.25, 0.3) is 0 Å². The summed E-state index contributed by atoms with van der Waals surface area (Å²) in [5.41, 5.74) is 8.64. The predicted molar refractivity (Wildman–Crippen MR) is 71.5 cm³/mol. The Hall–Kier alpha value is -1.39. The van der Waals surface area contributed by atoms with Crippen LogP contribution < -0.4 is 11.1 Å². The van der Waals surface area contributed by atoms with E-state index in [-0.39, 0.29) is 18.1 Å². The monoisotopic (exact) mass is 248 g/mol. The number of nitrogens with one attached hydrogen (secondary N) is 1. The van der Waals surface area contributed by atoms with Crippen molar-refractivity contribution >= 4 is 11.6 Å². The number of nitrogens with two attached hydrogens (primary N) is 1. The normalized spacial score (nSPS) is 23.1. The van der Waals surface area contributed by atoms with E-state index in [0.717, 1.165) is 24.1 Å². The summed E-state index contributed by atoms with van der Waals surface area (Å²) in [5.74, 6) is -0.0714. The van der Waals surface area contributed by atoms with Crippen molar-refractivity contribution in [3.05, 3.63) is 29.3 Å². The van der Waals surface area contributed by atoms with Gasteiger partial charge in [0.2, 0.25) is 0 Å². The summed E-state index contributed by atoms with van der Waals surface area (Å²) in [7, 11) is 0. The SMILES string of the molecule is Cc1ccc(NC(=O)[C@@H]2CC[C@H](CN)O2)c(C)c1. The van der Waals surface area contributed by atoms with Crippen LogP contribution in [0.5, 0.6) is 0 Å². The van der Waals surface area contributed by atoms with Gasteiger partial charge in [0.05, 0.1) is 6.10 Å². The Morgan fingerprint density at radius 3 is 2.83 bits per heavy atom. The van der Waals surface area contributed by atoms with Crippen LogP contribution in [0.2, 0.25) is 0 Å². The Morgan fingerprint density at radius 1 is 1.44 bits per heavy atom. The molecule has 1 aliphatic rings. The molecule has 4 nitrogen and oxygen atoms in total. The van der Waals surface area contributed by atoms with Gasteiger partial charge in [-0.3, -0.25) is 4.79 Å². The predicted octanol–water partition coefficient (Wildman–Crippen LogP) is 1.75. The molecule has 0 spiro atoms. The van der Waals surface area contributed by atoms with E-state index >= 15 is 0 Å². The Bertz CT molecular complexity index is 445. The number of hydrogen-bond acceptors (Lipinski definition) is 3. The fourth-order valence-electron chi connectivity index (χ4n) is 2.24. The highest BCUT2D eigenvalue weighted by atomic mass is 16.5. The van der Waals surface area contributed by atoms with Gasteiger partial charge in [-0.2, -0.15) is 0 Å². The summed E-state index contributed by atoms with van der Waals surface area (Å²) >= 11 is 0. The average Bonchev–Trinajstić information content (AvgIpc) is 2.81. The van der Waals surface area contributed by atoms with Gasteiger partial charge in [-0.15, -0.1) is 0 Å². The third-order valence-corrected chi connectivity index (χ3v) is 3.30. The zero-order valence-electron chi connectivity index (χ0n) is 10.9. The molecule has 18 heavy (non-hydrogen) atoms.